The molecule has 0 radical (unpaired) electrons. The number of halogens is 1. The van der Waals surface area contributed by atoms with E-state index in [0.29, 0.717) is 20.6 Å². The van der Waals surface area contributed by atoms with Crippen LogP contribution < -0.4 is 5.32 Å². The van der Waals surface area contributed by atoms with E-state index in [-0.39, 0.29) is 11.7 Å². The molecule has 0 unspecified atom stereocenters. The predicted molar refractivity (Wildman–Crippen MR) is 98.9 cm³/mol. The minimum Gasteiger partial charge on any atom is -0.316 e. The molecule has 2 heterocycles. The highest BCUT2D eigenvalue weighted by atomic mass is 35.5. The zero-order valence-electron chi connectivity index (χ0n) is 13.0. The van der Waals surface area contributed by atoms with Crippen molar-refractivity contribution in [1.29, 1.82) is 5.26 Å². The van der Waals surface area contributed by atoms with Crippen LogP contribution in [-0.2, 0) is 17.6 Å². The highest BCUT2D eigenvalue weighted by Gasteiger charge is 2.21. The Balaban J connectivity index is 1.69. The van der Waals surface area contributed by atoms with E-state index in [1.54, 1.807) is 29.7 Å². The summed E-state index contributed by atoms with van der Waals surface area (Å²) in [6.07, 6.45) is 7.05. The number of nitrogens with one attached hydrogen (secondary N) is 1. The lowest BCUT2D eigenvalue weighted by molar-refractivity contribution is -0.113. The molecule has 7 heteroatoms. The molecule has 1 N–H and O–H groups in total. The van der Waals surface area contributed by atoms with Crippen LogP contribution >= 0.6 is 34.7 Å². The van der Waals surface area contributed by atoms with Gasteiger partial charge in [0.1, 0.15) is 16.1 Å². The lowest BCUT2D eigenvalue weighted by Crippen LogP contribution is -2.14. The summed E-state index contributed by atoms with van der Waals surface area (Å²) in [5, 5.41) is 14.2. The molecule has 0 saturated heterocycles. The average molecular weight is 378 g/mol. The molecule has 124 valence electrons. The molecule has 4 nitrogen and oxygen atoms in total. The quantitative estimate of drug-likeness (QED) is 0.621. The van der Waals surface area contributed by atoms with Crippen LogP contribution in [0.5, 0.6) is 0 Å². The van der Waals surface area contributed by atoms with Crippen molar-refractivity contribution in [2.45, 2.75) is 37.1 Å². The number of fused-ring (bicyclic) bond motifs is 1. The van der Waals surface area contributed by atoms with E-state index in [4.69, 9.17) is 11.6 Å². The number of carbonyl (C=O) groups excluding carboxylic acids is 1. The normalized spacial score (nSPS) is 13.7. The van der Waals surface area contributed by atoms with Crippen LogP contribution in [0.1, 0.15) is 35.3 Å². The first kappa shape index (κ1) is 17.3. The van der Waals surface area contributed by atoms with Gasteiger partial charge in [-0.2, -0.15) is 5.26 Å². The van der Waals surface area contributed by atoms with Gasteiger partial charge in [0.05, 0.1) is 16.3 Å². The number of nitriles is 1. The molecule has 0 aliphatic heterocycles. The number of hydrogen-bond donors (Lipinski definition) is 1. The molecule has 0 aromatic carbocycles. The number of thiophene rings is 1. The van der Waals surface area contributed by atoms with Crippen molar-refractivity contribution in [3.63, 3.8) is 0 Å². The van der Waals surface area contributed by atoms with E-state index in [1.165, 1.54) is 23.1 Å². The first-order valence-electron chi connectivity index (χ1n) is 7.77. The zero-order valence-corrected chi connectivity index (χ0v) is 15.4. The largest absolute Gasteiger partial charge is 0.316 e. The van der Waals surface area contributed by atoms with E-state index in [0.717, 1.165) is 31.2 Å². The SMILES string of the molecule is N#Cc1c(NC(=O)CSc2ncccc2Cl)sc2c1CCCCC2. The van der Waals surface area contributed by atoms with Crippen molar-refractivity contribution < 1.29 is 4.79 Å². The molecule has 0 spiro atoms. The van der Waals surface area contributed by atoms with Crippen LogP contribution in [-0.4, -0.2) is 16.6 Å². The van der Waals surface area contributed by atoms with Gasteiger partial charge in [-0.3, -0.25) is 4.79 Å². The minimum atomic E-state index is -0.144. The molecule has 1 amide bonds. The number of anilines is 1. The van der Waals surface area contributed by atoms with E-state index in [9.17, 15) is 10.1 Å². The lowest BCUT2D eigenvalue weighted by atomic mass is 10.1. The number of amides is 1. The van der Waals surface area contributed by atoms with Crippen molar-refractivity contribution in [2.24, 2.45) is 0 Å². The molecule has 1 aliphatic carbocycles. The molecule has 2 aromatic rings. The number of thioether (sulfide) groups is 1. The average Bonchev–Trinajstić information content (AvgIpc) is 2.74. The van der Waals surface area contributed by atoms with E-state index in [2.05, 4.69) is 16.4 Å². The fourth-order valence-corrected chi connectivity index (χ4v) is 4.95. The summed E-state index contributed by atoms with van der Waals surface area (Å²) in [5.41, 5.74) is 1.78. The Morgan fingerprint density at radius 1 is 1.42 bits per heavy atom. The van der Waals surface area contributed by atoms with Crippen LogP contribution in [0.2, 0.25) is 5.02 Å². The van der Waals surface area contributed by atoms with Crippen LogP contribution in [0.3, 0.4) is 0 Å². The summed E-state index contributed by atoms with van der Waals surface area (Å²) >= 11 is 8.88. The molecule has 0 fully saturated rings. The maximum Gasteiger partial charge on any atom is 0.235 e. The van der Waals surface area contributed by atoms with Crippen LogP contribution in [0.25, 0.3) is 0 Å². The van der Waals surface area contributed by atoms with Crippen molar-refractivity contribution in [2.75, 3.05) is 11.1 Å². The molecule has 2 aromatic heterocycles. The molecule has 1 aliphatic rings. The van der Waals surface area contributed by atoms with Crippen molar-refractivity contribution in [1.82, 2.24) is 4.98 Å². The molecule has 0 atom stereocenters. The standard InChI is InChI=1S/C17H16ClN3OS2/c18-13-6-4-8-20-17(13)23-10-15(22)21-16-12(9-19)11-5-2-1-3-7-14(11)24-16/h4,6,8H,1-3,5,7,10H2,(H,21,22). The third-order valence-corrected chi connectivity index (χ3v) is 6.48. The van der Waals surface area contributed by atoms with Crippen molar-refractivity contribution in [3.8, 4) is 6.07 Å². The molecule has 0 bridgehead atoms. The van der Waals surface area contributed by atoms with Crippen molar-refractivity contribution >= 4 is 45.6 Å². The number of aromatic nitrogens is 1. The number of rotatable bonds is 4. The second kappa shape index (κ2) is 8.02. The summed E-state index contributed by atoms with van der Waals surface area (Å²) in [7, 11) is 0. The molecular formula is C17H16ClN3OS2. The van der Waals surface area contributed by atoms with Gasteiger partial charge in [-0.05, 0) is 43.4 Å². The maximum atomic E-state index is 12.2. The first-order valence-corrected chi connectivity index (χ1v) is 9.95. The summed E-state index contributed by atoms with van der Waals surface area (Å²) in [6.45, 7) is 0. The lowest BCUT2D eigenvalue weighted by Gasteiger charge is -2.05. The second-order valence-corrected chi connectivity index (χ2v) is 7.98. The number of carbonyl (C=O) groups is 1. The highest BCUT2D eigenvalue weighted by Crippen LogP contribution is 2.37. The highest BCUT2D eigenvalue weighted by molar-refractivity contribution is 8.00. The summed E-state index contributed by atoms with van der Waals surface area (Å²) < 4.78 is 0. The fraction of sp³-hybridized carbons (Fsp3) is 0.353. The van der Waals surface area contributed by atoms with Gasteiger partial charge in [-0.15, -0.1) is 11.3 Å². The van der Waals surface area contributed by atoms with E-state index in [1.807, 2.05) is 0 Å². The van der Waals surface area contributed by atoms with Gasteiger partial charge in [0, 0.05) is 11.1 Å². The zero-order chi connectivity index (χ0) is 16.9. The monoisotopic (exact) mass is 377 g/mol. The van der Waals surface area contributed by atoms with E-state index >= 15 is 0 Å². The van der Waals surface area contributed by atoms with Gasteiger partial charge in [-0.1, -0.05) is 29.8 Å². The number of hydrogen-bond acceptors (Lipinski definition) is 5. The van der Waals surface area contributed by atoms with Gasteiger partial charge >= 0.3 is 0 Å². The third-order valence-electron chi connectivity index (χ3n) is 3.85. The first-order chi connectivity index (χ1) is 11.7. The second-order valence-electron chi connectivity index (χ2n) is 5.51. The maximum absolute atomic E-state index is 12.2. The van der Waals surface area contributed by atoms with Gasteiger partial charge in [0.15, 0.2) is 0 Å². The molecule has 3 rings (SSSR count). The Bertz CT molecular complexity index is 798. The Morgan fingerprint density at radius 2 is 2.25 bits per heavy atom. The number of pyridine rings is 1. The summed E-state index contributed by atoms with van der Waals surface area (Å²) in [4.78, 5) is 17.6. The van der Waals surface area contributed by atoms with Gasteiger partial charge in [0.25, 0.3) is 0 Å². The topological polar surface area (TPSA) is 65.8 Å². The van der Waals surface area contributed by atoms with Gasteiger partial charge < -0.3 is 5.32 Å². The summed E-state index contributed by atoms with van der Waals surface area (Å²) in [6, 6.07) is 5.78. The fourth-order valence-electron chi connectivity index (χ4n) is 2.72. The Hall–Kier alpha value is -1.55. The minimum absolute atomic E-state index is 0.144. The Labute approximate surface area is 154 Å². The van der Waals surface area contributed by atoms with Gasteiger partial charge in [-0.25, -0.2) is 4.98 Å². The molecule has 0 saturated carbocycles. The third kappa shape index (κ3) is 3.92. The smallest absolute Gasteiger partial charge is 0.235 e. The van der Waals surface area contributed by atoms with Crippen LogP contribution in [0.15, 0.2) is 23.4 Å². The molecular weight excluding hydrogens is 362 g/mol. The Kier molecular flexibility index (Phi) is 5.77. The Morgan fingerprint density at radius 3 is 3.04 bits per heavy atom. The van der Waals surface area contributed by atoms with E-state index < -0.39 is 0 Å². The van der Waals surface area contributed by atoms with Gasteiger partial charge in [0.2, 0.25) is 5.91 Å². The summed E-state index contributed by atoms with van der Waals surface area (Å²) in [5.74, 6) is 0.0686. The predicted octanol–water partition coefficient (Wildman–Crippen LogP) is 4.67. The molecule has 24 heavy (non-hydrogen) atoms. The van der Waals surface area contributed by atoms with Crippen LogP contribution in [0.4, 0.5) is 5.00 Å². The number of aryl methyl sites for hydroxylation is 1. The van der Waals surface area contributed by atoms with Crippen LogP contribution in [0, 0.1) is 11.3 Å². The number of nitrogens with zero attached hydrogens (tertiary/aromatic N) is 2. The van der Waals surface area contributed by atoms with Crippen molar-refractivity contribution in [3.05, 3.63) is 39.4 Å².